The quantitative estimate of drug-likeness (QED) is 0.588. The average molecular weight is 533 g/mol. The predicted octanol–water partition coefficient (Wildman–Crippen LogP) is 3.11. The number of benzene rings is 1. The number of alkyl halides is 6. The van der Waals surface area contributed by atoms with E-state index in [1.165, 1.54) is 0 Å². The summed E-state index contributed by atoms with van der Waals surface area (Å²) in [5.41, 5.74) is -2.57. The molecule has 0 spiro atoms. The highest BCUT2D eigenvalue weighted by molar-refractivity contribution is 7.92. The molecule has 2 aromatic rings. The smallest absolute Gasteiger partial charge is 0.343 e. The minimum atomic E-state index is -4.99. The maximum Gasteiger partial charge on any atom is 0.451 e. The van der Waals surface area contributed by atoms with Crippen molar-refractivity contribution in [2.45, 2.75) is 53.3 Å². The van der Waals surface area contributed by atoms with Crippen LogP contribution in [0.3, 0.4) is 0 Å². The van der Waals surface area contributed by atoms with Crippen LogP contribution in [-0.4, -0.2) is 47.7 Å². The molecule has 1 saturated heterocycles. The maximum absolute atomic E-state index is 13.5. The van der Waals surface area contributed by atoms with Crippen LogP contribution in [0.4, 0.5) is 32.2 Å². The van der Waals surface area contributed by atoms with E-state index in [4.69, 9.17) is 0 Å². The molecule has 4 rings (SSSR count). The number of carbonyl (C=O) groups excluding carboxylic acids is 1. The minimum absolute atomic E-state index is 0.328. The van der Waals surface area contributed by atoms with Crippen molar-refractivity contribution in [1.29, 1.82) is 5.26 Å². The topological polar surface area (TPSA) is 116 Å². The third kappa shape index (κ3) is 4.81. The van der Waals surface area contributed by atoms with Crippen molar-refractivity contribution in [3.8, 4) is 6.07 Å². The van der Waals surface area contributed by atoms with Crippen molar-refractivity contribution in [3.63, 3.8) is 0 Å². The Labute approximate surface area is 200 Å². The van der Waals surface area contributed by atoms with E-state index >= 15 is 0 Å². The molecule has 0 radical (unpaired) electrons. The molecule has 1 amide bonds. The first kappa shape index (κ1) is 25.7. The molecule has 1 aromatic carbocycles. The molecule has 1 N–H and O–H groups in total. The third-order valence-electron chi connectivity index (χ3n) is 6.02. The monoisotopic (exact) mass is 533 g/mol. The van der Waals surface area contributed by atoms with E-state index in [0.717, 1.165) is 35.4 Å². The Morgan fingerprint density at radius 3 is 2.36 bits per heavy atom. The SMILES string of the molecule is N#CC1(NC(=O)[C@@H]2C[C@@H](S(=O)(=O)c3ccccc3C(F)(F)F)CN2c2ccnc(C(F)(F)F)n2)CC1. The molecule has 2 heterocycles. The van der Waals surface area contributed by atoms with Gasteiger partial charge in [-0.1, -0.05) is 12.1 Å². The zero-order valence-corrected chi connectivity index (χ0v) is 19.0. The second kappa shape index (κ2) is 8.61. The van der Waals surface area contributed by atoms with E-state index in [-0.39, 0.29) is 0 Å². The molecule has 0 bridgehead atoms. The van der Waals surface area contributed by atoms with Gasteiger partial charge < -0.3 is 10.2 Å². The van der Waals surface area contributed by atoms with Gasteiger partial charge in [-0.3, -0.25) is 4.79 Å². The van der Waals surface area contributed by atoms with E-state index in [0.29, 0.717) is 18.9 Å². The fourth-order valence-electron chi connectivity index (χ4n) is 4.01. The van der Waals surface area contributed by atoms with Gasteiger partial charge in [0, 0.05) is 12.7 Å². The molecule has 0 unspecified atom stereocenters. The summed E-state index contributed by atoms with van der Waals surface area (Å²) in [5, 5.41) is 10.2. The van der Waals surface area contributed by atoms with E-state index in [1.807, 2.05) is 6.07 Å². The van der Waals surface area contributed by atoms with Gasteiger partial charge in [-0.2, -0.15) is 31.6 Å². The van der Waals surface area contributed by atoms with Crippen molar-refractivity contribution < 1.29 is 39.6 Å². The van der Waals surface area contributed by atoms with Gasteiger partial charge in [0.2, 0.25) is 11.7 Å². The van der Waals surface area contributed by atoms with Crippen molar-refractivity contribution in [1.82, 2.24) is 15.3 Å². The number of anilines is 1. The van der Waals surface area contributed by atoms with Crippen molar-refractivity contribution in [3.05, 3.63) is 47.9 Å². The van der Waals surface area contributed by atoms with Gasteiger partial charge in [0.1, 0.15) is 17.4 Å². The van der Waals surface area contributed by atoms with Crippen molar-refractivity contribution in [2.75, 3.05) is 11.4 Å². The largest absolute Gasteiger partial charge is 0.451 e. The summed E-state index contributed by atoms with van der Waals surface area (Å²) in [6.45, 7) is -0.611. The highest BCUT2D eigenvalue weighted by Crippen LogP contribution is 2.40. The first-order valence-corrected chi connectivity index (χ1v) is 12.0. The zero-order valence-electron chi connectivity index (χ0n) is 18.1. The number of sulfone groups is 1. The van der Waals surface area contributed by atoms with Gasteiger partial charge in [0.05, 0.1) is 21.8 Å². The van der Waals surface area contributed by atoms with Gasteiger partial charge in [-0.05, 0) is 37.5 Å². The van der Waals surface area contributed by atoms with Crippen molar-refractivity contribution >= 4 is 21.6 Å². The third-order valence-corrected chi connectivity index (χ3v) is 8.21. The number of nitriles is 1. The van der Waals surface area contributed by atoms with Crippen LogP contribution >= 0.6 is 0 Å². The Morgan fingerprint density at radius 2 is 1.78 bits per heavy atom. The molecule has 1 aliphatic heterocycles. The number of hydrogen-bond acceptors (Lipinski definition) is 7. The highest BCUT2D eigenvalue weighted by atomic mass is 32.2. The molecule has 8 nitrogen and oxygen atoms in total. The molecule has 2 aliphatic rings. The summed E-state index contributed by atoms with van der Waals surface area (Å²) in [5.74, 6) is -2.81. The summed E-state index contributed by atoms with van der Waals surface area (Å²) in [7, 11) is -4.70. The van der Waals surface area contributed by atoms with E-state index in [9.17, 15) is 44.8 Å². The lowest BCUT2D eigenvalue weighted by atomic mass is 10.1. The van der Waals surface area contributed by atoms with E-state index in [1.54, 1.807) is 0 Å². The maximum atomic E-state index is 13.5. The lowest BCUT2D eigenvalue weighted by molar-refractivity contribution is -0.145. The second-order valence-electron chi connectivity index (χ2n) is 8.48. The number of amides is 1. The Balaban J connectivity index is 1.74. The van der Waals surface area contributed by atoms with Crippen LogP contribution in [0.15, 0.2) is 41.4 Å². The summed E-state index contributed by atoms with van der Waals surface area (Å²) < 4.78 is 107. The molecule has 1 aliphatic carbocycles. The number of hydrogen-bond donors (Lipinski definition) is 1. The molecule has 1 aromatic heterocycles. The summed E-state index contributed by atoms with van der Waals surface area (Å²) in [6.07, 6.45) is -9.03. The molecule has 192 valence electrons. The van der Waals surface area contributed by atoms with Crippen LogP contribution in [-0.2, 0) is 27.0 Å². The summed E-state index contributed by atoms with van der Waals surface area (Å²) in [6, 6.07) is 5.07. The standard InChI is InChI=1S/C21H17F6N5O3S/c22-20(23,24)13-3-1-2-4-15(13)36(34,35)12-9-14(17(33)31-19(11-28)6-7-19)32(10-12)16-5-8-29-18(30-16)21(25,26)27/h1-5,8,12,14H,6-7,9-10H2,(H,31,33)/t12-,14+/m1/s1. The molecule has 2 fully saturated rings. The van der Waals surface area contributed by atoms with Gasteiger partial charge >= 0.3 is 12.4 Å². The van der Waals surface area contributed by atoms with Crippen LogP contribution in [0.25, 0.3) is 0 Å². The van der Waals surface area contributed by atoms with Gasteiger partial charge in [-0.15, -0.1) is 0 Å². The summed E-state index contributed by atoms with van der Waals surface area (Å²) >= 11 is 0. The van der Waals surface area contributed by atoms with Gasteiger partial charge in [-0.25, -0.2) is 18.4 Å². The number of aromatic nitrogens is 2. The minimum Gasteiger partial charge on any atom is -0.343 e. The van der Waals surface area contributed by atoms with Crippen LogP contribution in [0, 0.1) is 11.3 Å². The second-order valence-corrected chi connectivity index (χ2v) is 10.7. The normalized spacial score (nSPS) is 21.6. The van der Waals surface area contributed by atoms with E-state index < -0.39 is 80.0 Å². The lowest BCUT2D eigenvalue weighted by Gasteiger charge is -2.26. The Kier molecular flexibility index (Phi) is 6.14. The molecular formula is C21H17F6N5O3S. The van der Waals surface area contributed by atoms with Gasteiger partial charge in [0.25, 0.3) is 0 Å². The molecule has 15 heteroatoms. The Bertz CT molecular complexity index is 1330. The number of nitrogens with zero attached hydrogens (tertiary/aromatic N) is 4. The predicted molar refractivity (Wildman–Crippen MR) is 111 cm³/mol. The zero-order chi connectivity index (χ0) is 26.5. The molecular weight excluding hydrogens is 516 g/mol. The highest BCUT2D eigenvalue weighted by Gasteiger charge is 2.51. The Hall–Kier alpha value is -3.41. The average Bonchev–Trinajstić information content (AvgIpc) is 3.43. The van der Waals surface area contributed by atoms with Crippen LogP contribution in [0.5, 0.6) is 0 Å². The molecule has 2 atom stereocenters. The van der Waals surface area contributed by atoms with Crippen LogP contribution in [0.2, 0.25) is 0 Å². The number of rotatable bonds is 5. The Morgan fingerprint density at radius 1 is 1.11 bits per heavy atom. The number of halogens is 6. The molecule has 36 heavy (non-hydrogen) atoms. The number of nitrogens with one attached hydrogen (secondary N) is 1. The molecule has 1 saturated carbocycles. The van der Waals surface area contributed by atoms with Crippen molar-refractivity contribution in [2.24, 2.45) is 0 Å². The first-order valence-electron chi connectivity index (χ1n) is 10.5. The summed E-state index contributed by atoms with van der Waals surface area (Å²) in [4.78, 5) is 19.5. The van der Waals surface area contributed by atoms with Crippen LogP contribution < -0.4 is 10.2 Å². The van der Waals surface area contributed by atoms with E-state index in [2.05, 4.69) is 15.3 Å². The fraction of sp³-hybridized carbons (Fsp3) is 0.429. The number of carbonyl (C=O) groups is 1. The van der Waals surface area contributed by atoms with Gasteiger partial charge in [0.15, 0.2) is 9.84 Å². The van der Waals surface area contributed by atoms with Crippen LogP contribution in [0.1, 0.15) is 30.7 Å². The first-order chi connectivity index (χ1) is 16.7. The lowest BCUT2D eigenvalue weighted by Crippen LogP contribution is -2.48. The fourth-order valence-corrected chi connectivity index (χ4v) is 5.92.